The standard InChI is InChI=1S/C17H16ClNO2S/c18-11-2-1-3-12(8-11)22(20)13-4-5-16-15(9-13)14-6-7-19-10-17(14)21-16/h1-5,8-9,14,17,19H,6-7,10H2. The number of fused-ring (bicyclic) bond motifs is 3. The fraction of sp³-hybridized carbons (Fsp3) is 0.294. The van der Waals surface area contributed by atoms with Gasteiger partial charge in [-0.05, 0) is 49.4 Å². The molecule has 3 nitrogen and oxygen atoms in total. The molecule has 1 fully saturated rings. The molecule has 2 aromatic carbocycles. The largest absolute Gasteiger partial charge is 0.488 e. The van der Waals surface area contributed by atoms with Crippen LogP contribution in [0.1, 0.15) is 17.9 Å². The molecule has 3 atom stereocenters. The number of hydrogen-bond donors (Lipinski definition) is 1. The van der Waals surface area contributed by atoms with E-state index >= 15 is 0 Å². The second-order valence-corrected chi connectivity index (χ2v) is 7.60. The summed E-state index contributed by atoms with van der Waals surface area (Å²) in [7, 11) is -1.22. The summed E-state index contributed by atoms with van der Waals surface area (Å²) in [5.74, 6) is 1.35. The molecular weight excluding hydrogens is 318 g/mol. The molecule has 2 aliphatic rings. The summed E-state index contributed by atoms with van der Waals surface area (Å²) in [5.41, 5.74) is 1.19. The van der Waals surface area contributed by atoms with Crippen LogP contribution in [-0.4, -0.2) is 23.4 Å². The first-order valence-electron chi connectivity index (χ1n) is 7.41. The van der Waals surface area contributed by atoms with Gasteiger partial charge in [0.15, 0.2) is 0 Å². The van der Waals surface area contributed by atoms with Gasteiger partial charge in [0, 0.05) is 32.8 Å². The summed E-state index contributed by atoms with van der Waals surface area (Å²) < 4.78 is 18.7. The smallest absolute Gasteiger partial charge is 0.123 e. The van der Waals surface area contributed by atoms with Crippen LogP contribution in [0.25, 0.3) is 0 Å². The van der Waals surface area contributed by atoms with Gasteiger partial charge >= 0.3 is 0 Å². The maximum absolute atomic E-state index is 12.8. The number of piperidine rings is 1. The van der Waals surface area contributed by atoms with E-state index in [1.54, 1.807) is 12.1 Å². The van der Waals surface area contributed by atoms with Crippen molar-refractivity contribution < 1.29 is 8.95 Å². The number of benzene rings is 2. The van der Waals surface area contributed by atoms with E-state index in [9.17, 15) is 4.21 Å². The first-order chi connectivity index (χ1) is 10.7. The monoisotopic (exact) mass is 333 g/mol. The summed E-state index contributed by atoms with van der Waals surface area (Å²) in [6, 6.07) is 13.1. The fourth-order valence-corrected chi connectivity index (χ4v) is 4.62. The normalized spacial score (nSPS) is 24.2. The number of halogens is 1. The Bertz CT molecular complexity index is 749. The molecule has 4 rings (SSSR count). The average Bonchev–Trinajstić information content (AvgIpc) is 2.92. The Labute approximate surface area is 137 Å². The highest BCUT2D eigenvalue weighted by atomic mass is 35.5. The topological polar surface area (TPSA) is 38.3 Å². The fourth-order valence-electron chi connectivity index (χ4n) is 3.23. The minimum Gasteiger partial charge on any atom is -0.488 e. The van der Waals surface area contributed by atoms with Gasteiger partial charge in [-0.1, -0.05) is 17.7 Å². The van der Waals surface area contributed by atoms with E-state index in [1.165, 1.54) is 5.56 Å². The Kier molecular flexibility index (Phi) is 3.68. The maximum Gasteiger partial charge on any atom is 0.123 e. The molecule has 0 saturated carbocycles. The van der Waals surface area contributed by atoms with Crippen LogP contribution in [0, 0.1) is 0 Å². The molecule has 2 aromatic rings. The van der Waals surface area contributed by atoms with Crippen LogP contribution in [0.3, 0.4) is 0 Å². The zero-order valence-corrected chi connectivity index (χ0v) is 13.5. The van der Waals surface area contributed by atoms with E-state index in [1.807, 2.05) is 30.3 Å². The minimum atomic E-state index is -1.22. The van der Waals surface area contributed by atoms with E-state index < -0.39 is 10.8 Å². The van der Waals surface area contributed by atoms with E-state index in [0.717, 1.165) is 35.1 Å². The molecule has 114 valence electrons. The van der Waals surface area contributed by atoms with Gasteiger partial charge in [0.2, 0.25) is 0 Å². The molecular formula is C17H16ClNO2S. The zero-order valence-electron chi connectivity index (χ0n) is 11.9. The Morgan fingerprint density at radius 1 is 1.18 bits per heavy atom. The molecule has 5 heteroatoms. The van der Waals surface area contributed by atoms with Crippen molar-refractivity contribution in [2.45, 2.75) is 28.2 Å². The third kappa shape index (κ3) is 2.45. The summed E-state index contributed by atoms with van der Waals surface area (Å²) >= 11 is 6.00. The van der Waals surface area contributed by atoms with Crippen LogP contribution in [0.15, 0.2) is 52.3 Å². The van der Waals surface area contributed by atoms with Gasteiger partial charge in [-0.25, -0.2) is 4.21 Å². The molecule has 0 bridgehead atoms. The highest BCUT2D eigenvalue weighted by molar-refractivity contribution is 7.85. The van der Waals surface area contributed by atoms with Crippen molar-refractivity contribution in [3.8, 4) is 5.75 Å². The van der Waals surface area contributed by atoms with Crippen molar-refractivity contribution in [2.24, 2.45) is 0 Å². The Morgan fingerprint density at radius 2 is 2.05 bits per heavy atom. The minimum absolute atomic E-state index is 0.207. The summed E-state index contributed by atoms with van der Waals surface area (Å²) in [4.78, 5) is 1.54. The van der Waals surface area contributed by atoms with Crippen LogP contribution in [0.4, 0.5) is 0 Å². The molecule has 0 spiro atoms. The molecule has 0 aliphatic carbocycles. The molecule has 1 saturated heterocycles. The SMILES string of the molecule is O=S(c1cccc(Cl)c1)c1ccc2c(c1)C1CCNCC1O2. The second kappa shape index (κ2) is 5.69. The predicted octanol–water partition coefficient (Wildman–Crippen LogP) is 3.34. The average molecular weight is 334 g/mol. The Hall–Kier alpha value is -1.36. The van der Waals surface area contributed by atoms with Gasteiger partial charge in [-0.2, -0.15) is 0 Å². The lowest BCUT2D eigenvalue weighted by Crippen LogP contribution is -2.39. The maximum atomic E-state index is 12.8. The van der Waals surface area contributed by atoms with Crippen LogP contribution in [-0.2, 0) is 10.8 Å². The molecule has 2 aliphatic heterocycles. The van der Waals surface area contributed by atoms with Gasteiger partial charge < -0.3 is 10.1 Å². The van der Waals surface area contributed by atoms with Crippen LogP contribution in [0.5, 0.6) is 5.75 Å². The molecule has 3 unspecified atom stereocenters. The third-order valence-corrected chi connectivity index (χ3v) is 5.91. The zero-order chi connectivity index (χ0) is 15.1. The molecule has 1 N–H and O–H groups in total. The first kappa shape index (κ1) is 14.2. The molecule has 2 heterocycles. The lowest BCUT2D eigenvalue weighted by atomic mass is 9.90. The van der Waals surface area contributed by atoms with Crippen molar-refractivity contribution in [1.82, 2.24) is 5.32 Å². The number of nitrogens with one attached hydrogen (secondary N) is 1. The quantitative estimate of drug-likeness (QED) is 0.916. The third-order valence-electron chi connectivity index (χ3n) is 4.31. The Morgan fingerprint density at radius 3 is 2.91 bits per heavy atom. The van der Waals surface area contributed by atoms with Crippen molar-refractivity contribution in [1.29, 1.82) is 0 Å². The summed E-state index contributed by atoms with van der Waals surface area (Å²) in [5, 5.41) is 3.97. The van der Waals surface area contributed by atoms with Crippen LogP contribution < -0.4 is 10.1 Å². The number of rotatable bonds is 2. The van der Waals surface area contributed by atoms with E-state index in [4.69, 9.17) is 16.3 Å². The highest BCUT2D eigenvalue weighted by Crippen LogP contribution is 2.42. The van der Waals surface area contributed by atoms with Crippen LogP contribution in [0.2, 0.25) is 5.02 Å². The highest BCUT2D eigenvalue weighted by Gasteiger charge is 2.36. The first-order valence-corrected chi connectivity index (χ1v) is 8.94. The van der Waals surface area contributed by atoms with Crippen molar-refractivity contribution in [3.05, 3.63) is 53.1 Å². The Balaban J connectivity index is 1.69. The summed E-state index contributed by atoms with van der Waals surface area (Å²) in [6.45, 7) is 1.89. The van der Waals surface area contributed by atoms with Crippen molar-refractivity contribution >= 4 is 22.4 Å². The number of ether oxygens (including phenoxy) is 1. The predicted molar refractivity (Wildman–Crippen MR) is 87.2 cm³/mol. The van der Waals surface area contributed by atoms with Gasteiger partial charge in [-0.3, -0.25) is 0 Å². The molecule has 22 heavy (non-hydrogen) atoms. The summed E-state index contributed by atoms with van der Waals surface area (Å²) in [6.07, 6.45) is 1.27. The van der Waals surface area contributed by atoms with E-state index in [-0.39, 0.29) is 6.10 Å². The lowest BCUT2D eigenvalue weighted by molar-refractivity contribution is 0.177. The molecule has 0 aromatic heterocycles. The van der Waals surface area contributed by atoms with Crippen LogP contribution >= 0.6 is 11.6 Å². The van der Waals surface area contributed by atoms with Gasteiger partial charge in [0.25, 0.3) is 0 Å². The van der Waals surface area contributed by atoms with E-state index in [2.05, 4.69) is 5.32 Å². The second-order valence-electron chi connectivity index (χ2n) is 5.68. The lowest BCUT2D eigenvalue weighted by Gasteiger charge is -2.24. The number of hydrogen-bond acceptors (Lipinski definition) is 3. The van der Waals surface area contributed by atoms with Crippen molar-refractivity contribution in [3.63, 3.8) is 0 Å². The van der Waals surface area contributed by atoms with Gasteiger partial charge in [0.05, 0.1) is 10.8 Å². The van der Waals surface area contributed by atoms with Crippen molar-refractivity contribution in [2.75, 3.05) is 13.1 Å². The van der Waals surface area contributed by atoms with Gasteiger partial charge in [-0.15, -0.1) is 0 Å². The molecule has 0 radical (unpaired) electrons. The molecule has 0 amide bonds. The van der Waals surface area contributed by atoms with Gasteiger partial charge in [0.1, 0.15) is 11.9 Å². The van der Waals surface area contributed by atoms with E-state index in [0.29, 0.717) is 10.9 Å².